The van der Waals surface area contributed by atoms with Crippen LogP contribution in [0.5, 0.6) is 0 Å². The van der Waals surface area contributed by atoms with Crippen molar-refractivity contribution in [2.45, 2.75) is 39.0 Å². The van der Waals surface area contributed by atoms with Gasteiger partial charge >= 0.3 is 6.18 Å². The number of nitrogens with one attached hydrogen (secondary N) is 1. The molecule has 0 aromatic heterocycles. The van der Waals surface area contributed by atoms with E-state index in [1.165, 1.54) is 4.90 Å². The summed E-state index contributed by atoms with van der Waals surface area (Å²) in [7, 11) is -4.32. The number of carbonyl (C=O) groups excluding carboxylic acids is 2. The minimum Gasteiger partial charge on any atom is -0.354 e. The number of carbonyl (C=O) groups is 2. The number of nitrogens with zero attached hydrogens (tertiary/aromatic N) is 2. The van der Waals surface area contributed by atoms with Crippen molar-refractivity contribution in [3.05, 3.63) is 99.5 Å². The molecule has 0 heterocycles. The van der Waals surface area contributed by atoms with Crippen LogP contribution in [0.1, 0.15) is 30.5 Å². The van der Waals surface area contributed by atoms with Crippen LogP contribution < -0.4 is 9.62 Å². The zero-order chi connectivity index (χ0) is 31.9. The number of hydrogen-bond donors (Lipinski definition) is 1. The Bertz CT molecular complexity index is 1520. The number of alkyl halides is 3. The second kappa shape index (κ2) is 14.5. The van der Waals surface area contributed by atoms with Gasteiger partial charge in [0.25, 0.3) is 0 Å². The lowest BCUT2D eigenvalue weighted by atomic mass is 10.0. The third kappa shape index (κ3) is 9.87. The zero-order valence-electron chi connectivity index (χ0n) is 23.7. The van der Waals surface area contributed by atoms with E-state index in [2.05, 4.69) is 5.32 Å². The summed E-state index contributed by atoms with van der Waals surface area (Å²) in [5.74, 6) is -1.19. The molecule has 13 heteroatoms. The van der Waals surface area contributed by atoms with E-state index in [9.17, 15) is 31.2 Å². The van der Waals surface area contributed by atoms with E-state index in [-0.39, 0.29) is 23.9 Å². The van der Waals surface area contributed by atoms with Gasteiger partial charge in [0, 0.05) is 24.5 Å². The molecule has 1 atom stereocenters. The van der Waals surface area contributed by atoms with Crippen LogP contribution >= 0.6 is 23.2 Å². The summed E-state index contributed by atoms with van der Waals surface area (Å²) < 4.78 is 66.8. The summed E-state index contributed by atoms with van der Waals surface area (Å²) in [6, 6.07) is 16.6. The fourth-order valence-corrected chi connectivity index (χ4v) is 5.49. The molecular formula is C30H32Cl2F3N3O4S. The highest BCUT2D eigenvalue weighted by molar-refractivity contribution is 7.92. The van der Waals surface area contributed by atoms with Gasteiger partial charge in [0.1, 0.15) is 12.6 Å². The minimum atomic E-state index is -4.79. The quantitative estimate of drug-likeness (QED) is 0.252. The van der Waals surface area contributed by atoms with Crippen LogP contribution in [0.2, 0.25) is 10.0 Å². The molecule has 43 heavy (non-hydrogen) atoms. The lowest BCUT2D eigenvalue weighted by Crippen LogP contribution is -2.53. The first kappa shape index (κ1) is 34.2. The van der Waals surface area contributed by atoms with Gasteiger partial charge < -0.3 is 10.2 Å². The number of amides is 2. The predicted octanol–water partition coefficient (Wildman–Crippen LogP) is 6.19. The molecule has 3 rings (SSSR count). The maximum atomic E-state index is 14.1. The Morgan fingerprint density at radius 3 is 2.12 bits per heavy atom. The van der Waals surface area contributed by atoms with Gasteiger partial charge in [0.05, 0.1) is 22.5 Å². The van der Waals surface area contributed by atoms with Crippen LogP contribution in [-0.2, 0) is 38.8 Å². The van der Waals surface area contributed by atoms with Crippen LogP contribution in [0.4, 0.5) is 18.9 Å². The first-order chi connectivity index (χ1) is 20.1. The molecule has 0 aliphatic heterocycles. The maximum absolute atomic E-state index is 14.1. The summed E-state index contributed by atoms with van der Waals surface area (Å²) in [6.45, 7) is 3.12. The minimum absolute atomic E-state index is 0.0906. The van der Waals surface area contributed by atoms with Crippen LogP contribution in [0, 0.1) is 5.92 Å². The first-order valence-corrected chi connectivity index (χ1v) is 15.9. The fraction of sp³-hybridized carbons (Fsp3) is 0.333. The van der Waals surface area contributed by atoms with E-state index >= 15 is 0 Å². The first-order valence-electron chi connectivity index (χ1n) is 13.3. The SMILES string of the molecule is CC(C)CNC(=O)[C@H](Cc1ccccc1)N(Cc1ccc(Cl)cc1)C(=O)CN(c1cc(C(F)(F)F)ccc1Cl)S(C)(=O)=O. The monoisotopic (exact) mass is 657 g/mol. The molecule has 3 aromatic rings. The largest absolute Gasteiger partial charge is 0.416 e. The van der Waals surface area contributed by atoms with Crippen molar-refractivity contribution in [2.75, 3.05) is 23.7 Å². The third-order valence-corrected chi connectivity index (χ3v) is 8.14. The molecule has 2 amide bonds. The normalized spacial score (nSPS) is 12.6. The van der Waals surface area contributed by atoms with E-state index in [4.69, 9.17) is 23.2 Å². The number of sulfonamides is 1. The molecule has 0 bridgehead atoms. The maximum Gasteiger partial charge on any atom is 0.416 e. The van der Waals surface area contributed by atoms with Gasteiger partial charge in [-0.1, -0.05) is 79.5 Å². The molecule has 232 valence electrons. The van der Waals surface area contributed by atoms with E-state index in [1.807, 2.05) is 13.8 Å². The number of benzene rings is 3. The Hall–Kier alpha value is -3.28. The van der Waals surface area contributed by atoms with Gasteiger partial charge in [0.2, 0.25) is 21.8 Å². The number of anilines is 1. The zero-order valence-corrected chi connectivity index (χ0v) is 26.1. The lowest BCUT2D eigenvalue weighted by Gasteiger charge is -2.34. The number of halogens is 5. The van der Waals surface area contributed by atoms with Gasteiger partial charge in [-0.05, 0) is 47.4 Å². The van der Waals surface area contributed by atoms with Crippen molar-refractivity contribution in [1.29, 1.82) is 0 Å². The summed E-state index contributed by atoms with van der Waals surface area (Å²) >= 11 is 12.2. The summed E-state index contributed by atoms with van der Waals surface area (Å²) in [6.07, 6.45) is -3.94. The van der Waals surface area contributed by atoms with Crippen LogP contribution in [0.3, 0.4) is 0 Å². The Morgan fingerprint density at radius 2 is 1.56 bits per heavy atom. The van der Waals surface area contributed by atoms with Gasteiger partial charge in [-0.25, -0.2) is 8.42 Å². The number of hydrogen-bond acceptors (Lipinski definition) is 4. The molecule has 3 aromatic carbocycles. The van der Waals surface area contributed by atoms with E-state index < -0.39 is 51.9 Å². The molecule has 0 spiro atoms. The van der Waals surface area contributed by atoms with Crippen molar-refractivity contribution in [3.63, 3.8) is 0 Å². The standard InChI is InChI=1S/C30H32Cl2F3N3O4S/c1-20(2)17-36-29(40)27(15-21-7-5-4-6-8-21)37(18-22-9-12-24(31)13-10-22)28(39)19-38(43(3,41)42)26-16-23(30(33,34)35)11-14-25(26)32/h4-14,16,20,27H,15,17-19H2,1-3H3,(H,36,40)/t27-/m0/s1. The summed E-state index contributed by atoms with van der Waals surface area (Å²) in [5, 5.41) is 2.99. The Kier molecular flexibility index (Phi) is 11.5. The predicted molar refractivity (Wildman–Crippen MR) is 162 cm³/mol. The molecule has 0 radical (unpaired) electrons. The second-order valence-electron chi connectivity index (χ2n) is 10.4. The molecule has 0 unspecified atom stereocenters. The van der Waals surface area contributed by atoms with Crippen LogP contribution in [-0.4, -0.2) is 50.5 Å². The highest BCUT2D eigenvalue weighted by atomic mass is 35.5. The van der Waals surface area contributed by atoms with Gasteiger partial charge in [-0.15, -0.1) is 0 Å². The second-order valence-corrected chi connectivity index (χ2v) is 13.2. The molecule has 0 fully saturated rings. The summed E-state index contributed by atoms with van der Waals surface area (Å²) in [5.41, 5.74) is -0.318. The number of rotatable bonds is 12. The van der Waals surface area contributed by atoms with E-state index in [0.717, 1.165) is 24.0 Å². The average molecular weight is 659 g/mol. The van der Waals surface area contributed by atoms with Crippen molar-refractivity contribution in [3.8, 4) is 0 Å². The van der Waals surface area contributed by atoms with Crippen molar-refractivity contribution in [1.82, 2.24) is 10.2 Å². The molecule has 1 N–H and O–H groups in total. The van der Waals surface area contributed by atoms with Gasteiger partial charge in [-0.3, -0.25) is 13.9 Å². The molecule has 0 aliphatic carbocycles. The lowest BCUT2D eigenvalue weighted by molar-refractivity contribution is -0.140. The Balaban J connectivity index is 2.10. The Morgan fingerprint density at radius 1 is 0.930 bits per heavy atom. The Labute approximate surface area is 259 Å². The molecule has 0 aliphatic rings. The molecular weight excluding hydrogens is 626 g/mol. The third-order valence-electron chi connectivity index (χ3n) is 6.44. The average Bonchev–Trinajstić information content (AvgIpc) is 2.93. The van der Waals surface area contributed by atoms with Gasteiger partial charge in [0.15, 0.2) is 0 Å². The van der Waals surface area contributed by atoms with Crippen LogP contribution in [0.15, 0.2) is 72.8 Å². The van der Waals surface area contributed by atoms with Crippen molar-refractivity contribution in [2.24, 2.45) is 5.92 Å². The smallest absolute Gasteiger partial charge is 0.354 e. The topological polar surface area (TPSA) is 86.8 Å². The van der Waals surface area contributed by atoms with E-state index in [0.29, 0.717) is 27.5 Å². The highest BCUT2D eigenvalue weighted by Gasteiger charge is 2.36. The van der Waals surface area contributed by atoms with Gasteiger partial charge in [-0.2, -0.15) is 13.2 Å². The molecule has 0 saturated heterocycles. The molecule has 7 nitrogen and oxygen atoms in total. The molecule has 0 saturated carbocycles. The summed E-state index contributed by atoms with van der Waals surface area (Å²) in [4.78, 5) is 28.9. The van der Waals surface area contributed by atoms with Crippen LogP contribution in [0.25, 0.3) is 0 Å². The van der Waals surface area contributed by atoms with E-state index in [1.54, 1.807) is 54.6 Å². The van der Waals surface area contributed by atoms with Crippen molar-refractivity contribution >= 4 is 50.7 Å². The highest BCUT2D eigenvalue weighted by Crippen LogP contribution is 2.36. The fourth-order valence-electron chi connectivity index (χ4n) is 4.24. The van der Waals surface area contributed by atoms with Crippen molar-refractivity contribution < 1.29 is 31.2 Å².